The average molecular weight is 344 g/mol. The molecule has 3 nitrogen and oxygen atoms in total. The van der Waals surface area contributed by atoms with E-state index in [2.05, 4.69) is 29.2 Å². The zero-order chi connectivity index (χ0) is 18.0. The first-order chi connectivity index (χ1) is 12.8. The highest BCUT2D eigenvalue weighted by Gasteiger charge is 2.14. The van der Waals surface area contributed by atoms with Gasteiger partial charge < -0.3 is 4.90 Å². The van der Waals surface area contributed by atoms with Crippen LogP contribution in [0.15, 0.2) is 85.1 Å². The highest BCUT2D eigenvalue weighted by molar-refractivity contribution is 5.76. The number of nitrogens with zero attached hydrogens (tertiary/aromatic N) is 2. The molecule has 0 unspecified atom stereocenters. The zero-order valence-corrected chi connectivity index (χ0v) is 14.9. The molecular formula is C23H24N2O. The van der Waals surface area contributed by atoms with E-state index in [4.69, 9.17) is 0 Å². The minimum atomic E-state index is 0.176. The van der Waals surface area contributed by atoms with Gasteiger partial charge in [-0.2, -0.15) is 0 Å². The quantitative estimate of drug-likeness (QED) is 0.611. The summed E-state index contributed by atoms with van der Waals surface area (Å²) in [7, 11) is 0. The molecular weight excluding hydrogens is 320 g/mol. The molecule has 0 saturated heterocycles. The predicted octanol–water partition coefficient (Wildman–Crippen LogP) is 4.29. The van der Waals surface area contributed by atoms with Gasteiger partial charge in [0, 0.05) is 19.2 Å². The lowest BCUT2D eigenvalue weighted by molar-refractivity contribution is -0.131. The van der Waals surface area contributed by atoms with E-state index in [1.807, 2.05) is 59.5 Å². The van der Waals surface area contributed by atoms with Crippen LogP contribution in [0.3, 0.4) is 0 Å². The minimum absolute atomic E-state index is 0.176. The van der Waals surface area contributed by atoms with Crippen LogP contribution >= 0.6 is 0 Å². The van der Waals surface area contributed by atoms with Crippen LogP contribution in [0, 0.1) is 0 Å². The number of hydrogen-bond acceptors (Lipinski definition) is 2. The van der Waals surface area contributed by atoms with Crippen LogP contribution in [0.4, 0.5) is 0 Å². The summed E-state index contributed by atoms with van der Waals surface area (Å²) in [6.07, 6.45) is 3.92. The molecule has 0 fully saturated rings. The van der Waals surface area contributed by atoms with E-state index in [1.165, 1.54) is 11.1 Å². The normalized spacial score (nSPS) is 10.5. The molecule has 3 heteroatoms. The fraction of sp³-hybridized carbons (Fsp3) is 0.217. The fourth-order valence-corrected chi connectivity index (χ4v) is 2.94. The van der Waals surface area contributed by atoms with E-state index < -0.39 is 0 Å². The Bertz CT molecular complexity index is 788. The van der Waals surface area contributed by atoms with Gasteiger partial charge in [-0.05, 0) is 36.1 Å². The molecule has 0 aliphatic rings. The number of carbonyl (C=O) groups excluding carboxylic acids is 1. The maximum atomic E-state index is 12.8. The van der Waals surface area contributed by atoms with Crippen molar-refractivity contribution in [1.29, 1.82) is 0 Å². The number of hydrogen-bond donors (Lipinski definition) is 0. The van der Waals surface area contributed by atoms with Crippen LogP contribution in [0.1, 0.15) is 23.2 Å². The van der Waals surface area contributed by atoms with Crippen molar-refractivity contribution in [2.75, 3.05) is 6.54 Å². The second-order valence-corrected chi connectivity index (χ2v) is 6.36. The van der Waals surface area contributed by atoms with Crippen LogP contribution in [-0.4, -0.2) is 22.3 Å². The van der Waals surface area contributed by atoms with Gasteiger partial charge in [0.1, 0.15) is 0 Å². The van der Waals surface area contributed by atoms with Gasteiger partial charge in [0.15, 0.2) is 0 Å². The third-order valence-corrected chi connectivity index (χ3v) is 4.42. The predicted molar refractivity (Wildman–Crippen MR) is 105 cm³/mol. The van der Waals surface area contributed by atoms with Crippen molar-refractivity contribution in [3.63, 3.8) is 0 Å². The number of aryl methyl sites for hydroxylation is 1. The van der Waals surface area contributed by atoms with Gasteiger partial charge in [-0.15, -0.1) is 0 Å². The molecule has 132 valence electrons. The lowest BCUT2D eigenvalue weighted by Crippen LogP contribution is -2.33. The van der Waals surface area contributed by atoms with E-state index in [-0.39, 0.29) is 5.91 Å². The van der Waals surface area contributed by atoms with Crippen molar-refractivity contribution < 1.29 is 4.79 Å². The molecule has 0 radical (unpaired) electrons. The Hall–Kier alpha value is -2.94. The maximum Gasteiger partial charge on any atom is 0.223 e. The van der Waals surface area contributed by atoms with Crippen molar-refractivity contribution >= 4 is 5.91 Å². The van der Waals surface area contributed by atoms with Crippen molar-refractivity contribution in [2.45, 2.75) is 25.8 Å². The number of amides is 1. The second kappa shape index (κ2) is 9.52. The first-order valence-corrected chi connectivity index (χ1v) is 9.07. The first-order valence-electron chi connectivity index (χ1n) is 9.07. The van der Waals surface area contributed by atoms with Gasteiger partial charge in [0.05, 0.1) is 12.2 Å². The summed E-state index contributed by atoms with van der Waals surface area (Å²) in [5, 5.41) is 0. The smallest absolute Gasteiger partial charge is 0.223 e. The molecule has 0 spiro atoms. The van der Waals surface area contributed by atoms with Crippen LogP contribution in [-0.2, 0) is 24.2 Å². The Morgan fingerprint density at radius 3 is 2.00 bits per heavy atom. The molecule has 1 amide bonds. The van der Waals surface area contributed by atoms with Crippen molar-refractivity contribution in [2.24, 2.45) is 0 Å². The molecule has 26 heavy (non-hydrogen) atoms. The van der Waals surface area contributed by atoms with E-state index in [1.54, 1.807) is 6.20 Å². The molecule has 0 atom stereocenters. The summed E-state index contributed by atoms with van der Waals surface area (Å²) < 4.78 is 0. The third kappa shape index (κ3) is 5.55. The summed E-state index contributed by atoms with van der Waals surface area (Å²) in [5.74, 6) is 0.176. The number of carbonyl (C=O) groups is 1. The summed E-state index contributed by atoms with van der Waals surface area (Å²) in [6.45, 7) is 1.26. The molecule has 0 N–H and O–H groups in total. The molecule has 2 aromatic carbocycles. The molecule has 0 bridgehead atoms. The minimum Gasteiger partial charge on any atom is -0.336 e. The van der Waals surface area contributed by atoms with Crippen molar-refractivity contribution in [3.8, 4) is 0 Å². The van der Waals surface area contributed by atoms with E-state index >= 15 is 0 Å². The molecule has 0 aliphatic heterocycles. The van der Waals surface area contributed by atoms with Crippen LogP contribution in [0.5, 0.6) is 0 Å². The Kier molecular flexibility index (Phi) is 6.54. The molecule has 0 aliphatic carbocycles. The highest BCUT2D eigenvalue weighted by atomic mass is 16.2. The largest absolute Gasteiger partial charge is 0.336 e. The average Bonchev–Trinajstić information content (AvgIpc) is 2.71. The topological polar surface area (TPSA) is 33.2 Å². The second-order valence-electron chi connectivity index (χ2n) is 6.36. The van der Waals surface area contributed by atoms with Gasteiger partial charge in [-0.25, -0.2) is 0 Å². The van der Waals surface area contributed by atoms with Gasteiger partial charge in [0.2, 0.25) is 5.91 Å². The van der Waals surface area contributed by atoms with E-state index in [0.29, 0.717) is 19.5 Å². The van der Waals surface area contributed by atoms with Gasteiger partial charge in [-0.3, -0.25) is 9.78 Å². The van der Waals surface area contributed by atoms with Gasteiger partial charge in [0.25, 0.3) is 0 Å². The van der Waals surface area contributed by atoms with Crippen molar-refractivity contribution in [1.82, 2.24) is 9.88 Å². The van der Waals surface area contributed by atoms with Crippen LogP contribution < -0.4 is 0 Å². The van der Waals surface area contributed by atoms with Crippen LogP contribution in [0.2, 0.25) is 0 Å². The highest BCUT2D eigenvalue weighted by Crippen LogP contribution is 2.10. The summed E-state index contributed by atoms with van der Waals surface area (Å²) in [4.78, 5) is 19.1. The number of pyridine rings is 1. The lowest BCUT2D eigenvalue weighted by Gasteiger charge is -2.22. The monoisotopic (exact) mass is 344 g/mol. The standard InChI is InChI=1S/C23H24N2O/c26-23(15-14-20-9-3-1-4-10-20)25(19-22-13-7-8-17-24-22)18-16-21-11-5-2-6-12-21/h1-13,17H,14-16,18-19H2. The molecule has 3 rings (SSSR count). The third-order valence-electron chi connectivity index (χ3n) is 4.42. The zero-order valence-electron chi connectivity index (χ0n) is 14.9. The van der Waals surface area contributed by atoms with E-state index in [9.17, 15) is 4.79 Å². The Balaban J connectivity index is 1.63. The fourth-order valence-electron chi connectivity index (χ4n) is 2.94. The number of aromatic nitrogens is 1. The number of benzene rings is 2. The lowest BCUT2D eigenvalue weighted by atomic mass is 10.1. The van der Waals surface area contributed by atoms with Crippen molar-refractivity contribution in [3.05, 3.63) is 102 Å². The maximum absolute atomic E-state index is 12.8. The molecule has 3 aromatic rings. The first kappa shape index (κ1) is 17.9. The SMILES string of the molecule is O=C(CCc1ccccc1)N(CCc1ccccc1)Cc1ccccn1. The number of rotatable bonds is 8. The molecule has 1 heterocycles. The van der Waals surface area contributed by atoms with Gasteiger partial charge >= 0.3 is 0 Å². The van der Waals surface area contributed by atoms with Gasteiger partial charge in [-0.1, -0.05) is 66.7 Å². The molecule has 0 saturated carbocycles. The Labute approximate surface area is 155 Å². The van der Waals surface area contributed by atoms with Crippen LogP contribution in [0.25, 0.3) is 0 Å². The Morgan fingerprint density at radius 1 is 0.769 bits per heavy atom. The summed E-state index contributed by atoms with van der Waals surface area (Å²) in [5.41, 5.74) is 3.37. The molecule has 1 aromatic heterocycles. The Morgan fingerprint density at radius 2 is 1.38 bits per heavy atom. The summed E-state index contributed by atoms with van der Waals surface area (Å²) in [6, 6.07) is 26.3. The summed E-state index contributed by atoms with van der Waals surface area (Å²) >= 11 is 0. The van der Waals surface area contributed by atoms with E-state index in [0.717, 1.165) is 18.5 Å².